The SMILES string of the molecule is CCOC(=O)C1CN(CCn2c(=O)[nH]c(=O)c3ccccc32)CCC1c1ccc(Cl)c(Cl)c1. The van der Waals surface area contributed by atoms with Crippen LogP contribution < -0.4 is 11.2 Å². The highest BCUT2D eigenvalue weighted by atomic mass is 35.5. The second-order valence-corrected chi connectivity index (χ2v) is 8.97. The van der Waals surface area contributed by atoms with Crippen molar-refractivity contribution in [1.29, 1.82) is 0 Å². The van der Waals surface area contributed by atoms with Gasteiger partial charge in [-0.1, -0.05) is 41.4 Å². The van der Waals surface area contributed by atoms with E-state index in [1.807, 2.05) is 12.1 Å². The second kappa shape index (κ2) is 10.1. The first-order valence-corrected chi connectivity index (χ1v) is 11.7. The fourth-order valence-electron chi connectivity index (χ4n) is 4.56. The third-order valence-electron chi connectivity index (χ3n) is 6.20. The van der Waals surface area contributed by atoms with Crippen molar-refractivity contribution in [1.82, 2.24) is 14.5 Å². The Bertz CT molecular complexity index is 1290. The van der Waals surface area contributed by atoms with Crippen molar-refractivity contribution >= 4 is 40.1 Å². The highest BCUT2D eigenvalue weighted by Crippen LogP contribution is 2.36. The second-order valence-electron chi connectivity index (χ2n) is 8.16. The summed E-state index contributed by atoms with van der Waals surface area (Å²) in [5.74, 6) is -0.642. The molecule has 1 saturated heterocycles. The van der Waals surface area contributed by atoms with E-state index in [1.54, 1.807) is 41.8 Å². The van der Waals surface area contributed by atoms with Crippen LogP contribution in [0.5, 0.6) is 0 Å². The minimum absolute atomic E-state index is 0.0355. The van der Waals surface area contributed by atoms with Crippen molar-refractivity contribution in [3.05, 3.63) is 78.9 Å². The Morgan fingerprint density at radius 1 is 1.12 bits per heavy atom. The zero-order chi connectivity index (χ0) is 23.5. The topological polar surface area (TPSA) is 84.4 Å². The molecule has 1 fully saturated rings. The first-order chi connectivity index (χ1) is 15.9. The molecule has 0 radical (unpaired) electrons. The Balaban J connectivity index is 1.55. The summed E-state index contributed by atoms with van der Waals surface area (Å²) in [5.41, 5.74) is 0.729. The lowest BCUT2D eigenvalue weighted by molar-refractivity contribution is -0.150. The quantitative estimate of drug-likeness (QED) is 0.534. The zero-order valence-corrected chi connectivity index (χ0v) is 19.7. The third-order valence-corrected chi connectivity index (χ3v) is 6.94. The number of rotatable bonds is 6. The Hall–Kier alpha value is -2.61. The van der Waals surface area contributed by atoms with Gasteiger partial charge >= 0.3 is 11.7 Å². The Morgan fingerprint density at radius 3 is 2.67 bits per heavy atom. The van der Waals surface area contributed by atoms with Crippen molar-refractivity contribution in [3.63, 3.8) is 0 Å². The molecule has 1 aromatic heterocycles. The van der Waals surface area contributed by atoms with Crippen LogP contribution in [0.3, 0.4) is 0 Å². The van der Waals surface area contributed by atoms with Crippen LogP contribution >= 0.6 is 23.2 Å². The molecule has 3 aromatic rings. The summed E-state index contributed by atoms with van der Waals surface area (Å²) >= 11 is 12.3. The molecule has 1 N–H and O–H groups in total. The number of fused-ring (bicyclic) bond motifs is 1. The first-order valence-electron chi connectivity index (χ1n) is 10.9. The van der Waals surface area contributed by atoms with E-state index in [9.17, 15) is 14.4 Å². The summed E-state index contributed by atoms with van der Waals surface area (Å²) in [6.07, 6.45) is 0.739. The molecule has 2 atom stereocenters. The summed E-state index contributed by atoms with van der Waals surface area (Å²) in [6.45, 7) is 4.29. The lowest BCUT2D eigenvalue weighted by Crippen LogP contribution is -2.45. The number of hydrogen-bond donors (Lipinski definition) is 1. The van der Waals surface area contributed by atoms with Gasteiger partial charge in [-0.3, -0.25) is 19.1 Å². The van der Waals surface area contributed by atoms with Gasteiger partial charge in [-0.2, -0.15) is 0 Å². The van der Waals surface area contributed by atoms with Crippen LogP contribution in [0.2, 0.25) is 10.0 Å². The number of esters is 1. The molecule has 2 aromatic carbocycles. The normalized spacial score (nSPS) is 19.0. The van der Waals surface area contributed by atoms with Crippen molar-refractivity contribution in [2.24, 2.45) is 5.92 Å². The van der Waals surface area contributed by atoms with Crippen LogP contribution in [0.1, 0.15) is 24.8 Å². The molecule has 9 heteroatoms. The highest BCUT2D eigenvalue weighted by molar-refractivity contribution is 6.42. The number of likely N-dealkylation sites (tertiary alicyclic amines) is 1. The number of H-pyrrole nitrogens is 1. The van der Waals surface area contributed by atoms with Gasteiger partial charge in [0.25, 0.3) is 5.56 Å². The van der Waals surface area contributed by atoms with E-state index in [0.29, 0.717) is 47.2 Å². The molecule has 0 amide bonds. The van der Waals surface area contributed by atoms with Crippen LogP contribution in [0, 0.1) is 5.92 Å². The Kier molecular flexibility index (Phi) is 7.22. The van der Waals surface area contributed by atoms with Crippen molar-refractivity contribution in [2.75, 3.05) is 26.2 Å². The smallest absolute Gasteiger partial charge is 0.328 e. The molecule has 33 heavy (non-hydrogen) atoms. The number of benzene rings is 2. The van der Waals surface area contributed by atoms with E-state index in [1.165, 1.54) is 0 Å². The third kappa shape index (κ3) is 5.00. The number of halogens is 2. The molecule has 4 rings (SSSR count). The standard InChI is InChI=1S/C24H25Cl2N3O4/c1-2-33-23(31)18-14-28(10-9-16(18)15-7-8-19(25)20(26)13-15)11-12-29-21-6-4-3-5-17(21)22(30)27-24(29)32/h3-8,13,16,18H,2,9-12,14H2,1H3,(H,27,30,32). The summed E-state index contributed by atoms with van der Waals surface area (Å²) in [7, 11) is 0. The number of hydrogen-bond acceptors (Lipinski definition) is 5. The molecule has 1 aliphatic rings. The van der Waals surface area contributed by atoms with Gasteiger partial charge in [0.2, 0.25) is 0 Å². The zero-order valence-electron chi connectivity index (χ0n) is 18.2. The summed E-state index contributed by atoms with van der Waals surface area (Å²) in [5, 5.41) is 1.41. The average molecular weight is 490 g/mol. The number of aromatic amines is 1. The maximum Gasteiger partial charge on any atom is 0.328 e. The van der Waals surface area contributed by atoms with Crippen molar-refractivity contribution in [2.45, 2.75) is 25.8 Å². The minimum Gasteiger partial charge on any atom is -0.466 e. The van der Waals surface area contributed by atoms with Crippen LogP contribution in [0.25, 0.3) is 10.9 Å². The van der Waals surface area contributed by atoms with E-state index in [4.69, 9.17) is 27.9 Å². The number of para-hydroxylation sites is 1. The fourth-order valence-corrected chi connectivity index (χ4v) is 4.87. The molecular formula is C24H25Cl2N3O4. The number of aromatic nitrogens is 2. The van der Waals surface area contributed by atoms with Gasteiger partial charge in [0.1, 0.15) is 0 Å². The summed E-state index contributed by atoms with van der Waals surface area (Å²) in [4.78, 5) is 41.9. The first kappa shape index (κ1) is 23.5. The highest BCUT2D eigenvalue weighted by Gasteiger charge is 2.36. The number of carbonyl (C=O) groups excluding carboxylic acids is 1. The average Bonchev–Trinajstić information content (AvgIpc) is 2.81. The lowest BCUT2D eigenvalue weighted by atomic mass is 9.80. The molecular weight excluding hydrogens is 465 g/mol. The summed E-state index contributed by atoms with van der Waals surface area (Å²) < 4.78 is 6.94. The molecule has 0 spiro atoms. The number of ether oxygens (including phenoxy) is 1. The molecule has 174 valence electrons. The van der Waals surface area contributed by atoms with E-state index < -0.39 is 11.2 Å². The van der Waals surface area contributed by atoms with Gasteiger partial charge in [0.15, 0.2) is 0 Å². The van der Waals surface area contributed by atoms with Gasteiger partial charge in [0, 0.05) is 19.6 Å². The number of nitrogens with one attached hydrogen (secondary N) is 1. The minimum atomic E-state index is -0.439. The van der Waals surface area contributed by atoms with Gasteiger partial charge < -0.3 is 9.64 Å². The number of piperidine rings is 1. The van der Waals surface area contributed by atoms with Gasteiger partial charge in [-0.25, -0.2) is 4.79 Å². The number of carbonyl (C=O) groups is 1. The summed E-state index contributed by atoms with van der Waals surface area (Å²) in [6, 6.07) is 12.5. The molecule has 0 aliphatic carbocycles. The molecule has 2 unspecified atom stereocenters. The van der Waals surface area contributed by atoms with E-state index in [2.05, 4.69) is 9.88 Å². The van der Waals surface area contributed by atoms with E-state index in [0.717, 1.165) is 18.5 Å². The Morgan fingerprint density at radius 2 is 1.91 bits per heavy atom. The van der Waals surface area contributed by atoms with Crippen LogP contribution in [0.4, 0.5) is 0 Å². The van der Waals surface area contributed by atoms with E-state index >= 15 is 0 Å². The van der Waals surface area contributed by atoms with E-state index in [-0.39, 0.29) is 17.8 Å². The van der Waals surface area contributed by atoms with Gasteiger partial charge in [0.05, 0.1) is 33.5 Å². The maximum atomic E-state index is 12.8. The maximum absolute atomic E-state index is 12.8. The molecule has 0 saturated carbocycles. The predicted molar refractivity (Wildman–Crippen MR) is 129 cm³/mol. The molecule has 7 nitrogen and oxygen atoms in total. The molecule has 1 aliphatic heterocycles. The van der Waals surface area contributed by atoms with Crippen LogP contribution in [-0.4, -0.2) is 46.7 Å². The van der Waals surface area contributed by atoms with Crippen molar-refractivity contribution < 1.29 is 9.53 Å². The molecule has 2 heterocycles. The predicted octanol–water partition coefficient (Wildman–Crippen LogP) is 3.67. The monoisotopic (exact) mass is 489 g/mol. The van der Waals surface area contributed by atoms with Gasteiger partial charge in [-0.15, -0.1) is 0 Å². The largest absolute Gasteiger partial charge is 0.466 e. The lowest BCUT2D eigenvalue weighted by Gasteiger charge is -2.37. The Labute approximate surface area is 200 Å². The van der Waals surface area contributed by atoms with Crippen LogP contribution in [0.15, 0.2) is 52.1 Å². The van der Waals surface area contributed by atoms with Crippen LogP contribution in [-0.2, 0) is 16.1 Å². The molecule has 0 bridgehead atoms. The number of nitrogens with zero attached hydrogens (tertiary/aromatic N) is 2. The van der Waals surface area contributed by atoms with Gasteiger partial charge in [-0.05, 0) is 55.6 Å². The van der Waals surface area contributed by atoms with Crippen molar-refractivity contribution in [3.8, 4) is 0 Å². The fraction of sp³-hybridized carbons (Fsp3) is 0.375.